The van der Waals surface area contributed by atoms with Gasteiger partial charge in [0.2, 0.25) is 5.91 Å². The molecule has 1 amide bonds. The molecule has 0 spiro atoms. The first-order chi connectivity index (χ1) is 18.7. The van der Waals surface area contributed by atoms with Gasteiger partial charge in [-0.2, -0.15) is 5.10 Å². The summed E-state index contributed by atoms with van der Waals surface area (Å²) in [6, 6.07) is 11.9. The summed E-state index contributed by atoms with van der Waals surface area (Å²) in [6.45, 7) is 0. The van der Waals surface area contributed by atoms with E-state index in [4.69, 9.17) is 0 Å². The van der Waals surface area contributed by atoms with Gasteiger partial charge in [-0.1, -0.05) is 12.8 Å². The SMILES string of the molecule is O=C(Nc1cncc(-c2cnc3n[nH]c(-c4cc5c(-c6cccnc6)nccc5[nH]4)c3c2)c1)C1CCCC1. The highest BCUT2D eigenvalue weighted by Crippen LogP contribution is 2.34. The Labute approximate surface area is 217 Å². The van der Waals surface area contributed by atoms with Gasteiger partial charge in [-0.3, -0.25) is 24.8 Å². The zero-order valence-corrected chi connectivity index (χ0v) is 20.5. The highest BCUT2D eigenvalue weighted by Gasteiger charge is 2.23. The molecule has 9 nitrogen and oxygen atoms in total. The number of amides is 1. The number of aromatic nitrogens is 7. The van der Waals surface area contributed by atoms with E-state index in [9.17, 15) is 4.79 Å². The molecule has 186 valence electrons. The van der Waals surface area contributed by atoms with E-state index >= 15 is 0 Å². The quantitative estimate of drug-likeness (QED) is 0.277. The van der Waals surface area contributed by atoms with Gasteiger partial charge in [-0.05, 0) is 49.2 Å². The first kappa shape index (κ1) is 22.3. The minimum atomic E-state index is 0.0751. The maximum atomic E-state index is 12.6. The van der Waals surface area contributed by atoms with Crippen molar-refractivity contribution in [2.24, 2.45) is 5.92 Å². The molecule has 0 aliphatic heterocycles. The number of carbonyl (C=O) groups excluding carboxylic acids is 1. The van der Waals surface area contributed by atoms with E-state index in [0.29, 0.717) is 11.3 Å². The third-order valence-corrected chi connectivity index (χ3v) is 7.23. The largest absolute Gasteiger partial charge is 0.353 e. The molecule has 1 aliphatic rings. The van der Waals surface area contributed by atoms with Gasteiger partial charge in [0.05, 0.1) is 29.0 Å². The van der Waals surface area contributed by atoms with Crippen molar-refractivity contribution in [3.63, 3.8) is 0 Å². The monoisotopic (exact) mass is 500 g/mol. The van der Waals surface area contributed by atoms with Crippen LogP contribution in [0.2, 0.25) is 0 Å². The van der Waals surface area contributed by atoms with Gasteiger partial charge in [0.15, 0.2) is 5.65 Å². The molecule has 3 N–H and O–H groups in total. The second-order valence-corrected chi connectivity index (χ2v) is 9.67. The van der Waals surface area contributed by atoms with Crippen molar-refractivity contribution < 1.29 is 4.79 Å². The highest BCUT2D eigenvalue weighted by atomic mass is 16.1. The fourth-order valence-electron chi connectivity index (χ4n) is 5.28. The molecule has 6 aromatic heterocycles. The van der Waals surface area contributed by atoms with Gasteiger partial charge in [-0.15, -0.1) is 0 Å². The lowest BCUT2D eigenvalue weighted by Crippen LogP contribution is -2.20. The van der Waals surface area contributed by atoms with E-state index in [1.54, 1.807) is 31.0 Å². The number of fused-ring (bicyclic) bond motifs is 2. The molecule has 7 rings (SSSR count). The number of rotatable bonds is 5. The minimum Gasteiger partial charge on any atom is -0.353 e. The molecule has 9 heteroatoms. The number of carbonyl (C=O) groups is 1. The van der Waals surface area contributed by atoms with Crippen LogP contribution in [0, 0.1) is 5.92 Å². The molecular formula is C29H24N8O. The summed E-state index contributed by atoms with van der Waals surface area (Å²) >= 11 is 0. The lowest BCUT2D eigenvalue weighted by atomic mass is 10.1. The highest BCUT2D eigenvalue weighted by molar-refractivity contribution is 6.00. The predicted octanol–water partition coefficient (Wildman–Crippen LogP) is 5.75. The minimum absolute atomic E-state index is 0.0751. The molecule has 1 saturated carbocycles. The number of hydrogen-bond acceptors (Lipinski definition) is 6. The Balaban J connectivity index is 1.25. The number of pyridine rings is 4. The van der Waals surface area contributed by atoms with Crippen LogP contribution in [-0.2, 0) is 4.79 Å². The molecule has 6 heterocycles. The van der Waals surface area contributed by atoms with Crippen molar-refractivity contribution in [2.75, 3.05) is 5.32 Å². The lowest BCUT2D eigenvalue weighted by molar-refractivity contribution is -0.119. The van der Waals surface area contributed by atoms with Gasteiger partial charge >= 0.3 is 0 Å². The Morgan fingerprint density at radius 3 is 2.61 bits per heavy atom. The lowest BCUT2D eigenvalue weighted by Gasteiger charge is -2.11. The van der Waals surface area contributed by atoms with Crippen molar-refractivity contribution in [1.29, 1.82) is 0 Å². The number of hydrogen-bond donors (Lipinski definition) is 3. The summed E-state index contributed by atoms with van der Waals surface area (Å²) < 4.78 is 0. The van der Waals surface area contributed by atoms with E-state index in [0.717, 1.165) is 75.7 Å². The van der Waals surface area contributed by atoms with Crippen LogP contribution in [0.15, 0.2) is 73.6 Å². The summed E-state index contributed by atoms with van der Waals surface area (Å²) in [6.07, 6.45) is 14.7. The second-order valence-electron chi connectivity index (χ2n) is 9.67. The summed E-state index contributed by atoms with van der Waals surface area (Å²) in [4.78, 5) is 33.9. The third-order valence-electron chi connectivity index (χ3n) is 7.23. The van der Waals surface area contributed by atoms with Gasteiger partial charge in [0.1, 0.15) is 0 Å². The van der Waals surface area contributed by atoms with Gasteiger partial charge in [0, 0.05) is 69.9 Å². The fourth-order valence-corrected chi connectivity index (χ4v) is 5.28. The standard InChI is InChI=1S/C29H24N8O/c38-29(17-4-1-2-5-17)34-21-10-19(14-31-16-21)20-11-23-27(36-37-28(23)33-15-20)25-12-22-24(35-25)7-9-32-26(22)18-6-3-8-30-13-18/h3,6-17,35H,1-2,4-5H2,(H,34,38)(H,33,36,37). The zero-order valence-electron chi connectivity index (χ0n) is 20.5. The third kappa shape index (κ3) is 3.98. The van der Waals surface area contributed by atoms with Crippen molar-refractivity contribution in [2.45, 2.75) is 25.7 Å². The number of H-pyrrole nitrogens is 2. The van der Waals surface area contributed by atoms with Crippen LogP contribution < -0.4 is 5.32 Å². The number of aromatic amines is 2. The molecule has 0 bridgehead atoms. The molecule has 0 unspecified atom stereocenters. The van der Waals surface area contributed by atoms with Crippen molar-refractivity contribution in [3.05, 3.63) is 73.6 Å². The van der Waals surface area contributed by atoms with Gasteiger partial charge in [-0.25, -0.2) is 4.98 Å². The topological polar surface area (TPSA) is 125 Å². The molecule has 6 aromatic rings. The predicted molar refractivity (Wildman–Crippen MR) is 146 cm³/mol. The van der Waals surface area contributed by atoms with Crippen LogP contribution in [-0.4, -0.2) is 41.0 Å². The maximum Gasteiger partial charge on any atom is 0.227 e. The maximum absolute atomic E-state index is 12.6. The Bertz CT molecular complexity index is 1780. The molecule has 0 saturated heterocycles. The number of anilines is 1. The molecule has 0 atom stereocenters. The summed E-state index contributed by atoms with van der Waals surface area (Å²) in [7, 11) is 0. The smallest absolute Gasteiger partial charge is 0.227 e. The van der Waals surface area contributed by atoms with E-state index < -0.39 is 0 Å². The average molecular weight is 501 g/mol. The van der Waals surface area contributed by atoms with Gasteiger partial charge < -0.3 is 10.3 Å². The Kier molecular flexibility index (Phi) is 5.39. The van der Waals surface area contributed by atoms with Gasteiger partial charge in [0.25, 0.3) is 0 Å². The summed E-state index contributed by atoms with van der Waals surface area (Å²) in [5, 5.41) is 12.5. The van der Waals surface area contributed by atoms with Crippen LogP contribution in [0.3, 0.4) is 0 Å². The van der Waals surface area contributed by atoms with Crippen LogP contribution in [0.1, 0.15) is 25.7 Å². The average Bonchev–Trinajstić information content (AvgIpc) is 3.73. The first-order valence-electron chi connectivity index (χ1n) is 12.7. The molecule has 0 aromatic carbocycles. The van der Waals surface area contributed by atoms with Crippen LogP contribution >= 0.6 is 0 Å². The van der Waals surface area contributed by atoms with Crippen LogP contribution in [0.25, 0.3) is 55.7 Å². The normalized spacial score (nSPS) is 13.9. The molecule has 0 radical (unpaired) electrons. The molecule has 38 heavy (non-hydrogen) atoms. The zero-order chi connectivity index (χ0) is 25.5. The molecule has 1 aliphatic carbocycles. The van der Waals surface area contributed by atoms with Crippen LogP contribution in [0.5, 0.6) is 0 Å². The Hall–Kier alpha value is -4.92. The fraction of sp³-hybridized carbons (Fsp3) is 0.172. The van der Waals surface area contributed by atoms with Crippen molar-refractivity contribution >= 4 is 33.5 Å². The van der Waals surface area contributed by atoms with E-state index in [1.807, 2.05) is 36.5 Å². The van der Waals surface area contributed by atoms with Crippen LogP contribution in [0.4, 0.5) is 5.69 Å². The van der Waals surface area contributed by atoms with E-state index in [-0.39, 0.29) is 11.8 Å². The van der Waals surface area contributed by atoms with E-state index in [2.05, 4.69) is 46.5 Å². The van der Waals surface area contributed by atoms with E-state index in [1.165, 1.54) is 0 Å². The Morgan fingerprint density at radius 2 is 1.74 bits per heavy atom. The van der Waals surface area contributed by atoms with Crippen molar-refractivity contribution in [3.8, 4) is 33.8 Å². The molecule has 1 fully saturated rings. The summed E-state index contributed by atoms with van der Waals surface area (Å²) in [5.41, 5.74) is 7.57. The number of nitrogens with one attached hydrogen (secondary N) is 3. The van der Waals surface area contributed by atoms with Crippen molar-refractivity contribution in [1.82, 2.24) is 35.1 Å². The summed E-state index contributed by atoms with van der Waals surface area (Å²) in [5.74, 6) is 0.168. The second kappa shape index (κ2) is 9.19. The number of nitrogens with zero attached hydrogens (tertiary/aromatic N) is 5. The Morgan fingerprint density at radius 1 is 0.868 bits per heavy atom. The molecular weight excluding hydrogens is 476 g/mol. The first-order valence-corrected chi connectivity index (χ1v) is 12.7.